The Morgan fingerprint density at radius 3 is 1.41 bits per heavy atom. The second-order valence-electron chi connectivity index (χ2n) is 19.1. The largest absolute Gasteiger partial charge is 0.294 e. The number of hydrogen-bond acceptors (Lipinski definition) is 8. The van der Waals surface area contributed by atoms with Crippen molar-refractivity contribution in [3.8, 4) is 0 Å². The van der Waals surface area contributed by atoms with E-state index in [2.05, 4.69) is 34.3 Å². The van der Waals surface area contributed by atoms with Crippen molar-refractivity contribution in [1.29, 1.82) is 0 Å². The number of fused-ring (bicyclic) bond motifs is 8. The van der Waals surface area contributed by atoms with Crippen molar-refractivity contribution in [2.45, 2.75) is 211 Å². The SMILES string of the molecule is CC1CCCC2C3CCCCC3N(C3CCC4NC(S(=O)(=O)C5NC6CCC(N7C8CCCCC8C8CCCC(C)C87)CC6S5)SC4C3)C12. The van der Waals surface area contributed by atoms with E-state index < -0.39 is 19.2 Å². The molecule has 49 heavy (non-hydrogen) atoms. The highest BCUT2D eigenvalue weighted by Gasteiger charge is 2.58. The first-order chi connectivity index (χ1) is 23.9. The molecule has 6 saturated carbocycles. The quantitative estimate of drug-likeness (QED) is 0.307. The van der Waals surface area contributed by atoms with Crippen LogP contribution in [0, 0.1) is 35.5 Å². The summed E-state index contributed by atoms with van der Waals surface area (Å²) in [6.45, 7) is 5.11. The second-order valence-corrected chi connectivity index (χ2v) is 24.5. The Bertz CT molecular complexity index is 1240. The van der Waals surface area contributed by atoms with Crippen molar-refractivity contribution < 1.29 is 8.42 Å². The number of likely N-dealkylation sites (tertiary alicyclic amines) is 2. The molecule has 2 N–H and O–H groups in total. The fraction of sp³-hybridized carbons (Fsp3) is 1.00. The van der Waals surface area contributed by atoms with Gasteiger partial charge >= 0.3 is 0 Å². The minimum absolute atomic E-state index is 0.354. The van der Waals surface area contributed by atoms with Crippen molar-refractivity contribution >= 4 is 33.4 Å². The van der Waals surface area contributed by atoms with Crippen LogP contribution in [0.3, 0.4) is 0 Å². The van der Waals surface area contributed by atoms with Crippen LogP contribution >= 0.6 is 23.5 Å². The van der Waals surface area contributed by atoms with Gasteiger partial charge < -0.3 is 0 Å². The summed E-state index contributed by atoms with van der Waals surface area (Å²) in [6.07, 6.45) is 27.2. The molecule has 0 bridgehead atoms. The predicted molar refractivity (Wildman–Crippen MR) is 204 cm³/mol. The van der Waals surface area contributed by atoms with Crippen LogP contribution in [0.25, 0.3) is 0 Å². The van der Waals surface area contributed by atoms with E-state index in [4.69, 9.17) is 0 Å². The standard InChI is InChI=1S/C40H66N4O2S3/c1-23-9-7-13-29-27-11-3-5-15-33(27)43(37(23)29)25-17-19-31-35(21-25)47-39(41-31)49(45,46)40-42-32-20-18-26(22-36(32)48-40)44-34-16-6-4-12-28(34)30-14-8-10-24(2)38(30)44/h23-42H,3-22H2,1-2H3. The van der Waals surface area contributed by atoms with Gasteiger partial charge in [-0.1, -0.05) is 52.4 Å². The van der Waals surface area contributed by atoms with Gasteiger partial charge in [0.2, 0.25) is 9.84 Å². The number of thioether (sulfide) groups is 2. The Balaban J connectivity index is 0.806. The Morgan fingerprint density at radius 1 is 0.510 bits per heavy atom. The van der Waals surface area contributed by atoms with E-state index in [0.29, 0.717) is 34.7 Å². The molecule has 10 fully saturated rings. The third-order valence-corrected chi connectivity index (χ3v) is 23.1. The lowest BCUT2D eigenvalue weighted by molar-refractivity contribution is 0.0399. The van der Waals surface area contributed by atoms with Crippen LogP contribution in [-0.2, 0) is 9.84 Å². The molecule has 4 heterocycles. The predicted octanol–water partition coefficient (Wildman–Crippen LogP) is 7.58. The monoisotopic (exact) mass is 730 g/mol. The summed E-state index contributed by atoms with van der Waals surface area (Å²) in [7, 11) is -3.35. The zero-order valence-corrected chi connectivity index (χ0v) is 32.9. The molecule has 6 nitrogen and oxygen atoms in total. The van der Waals surface area contributed by atoms with Crippen molar-refractivity contribution in [3.63, 3.8) is 0 Å². The van der Waals surface area contributed by atoms with Gasteiger partial charge in [-0.2, -0.15) is 0 Å². The number of sulfone groups is 1. The summed E-state index contributed by atoms with van der Waals surface area (Å²) in [5.74, 6) is 5.34. The molecule has 0 aromatic heterocycles. The molecule has 0 amide bonds. The molecule has 18 atom stereocenters. The smallest absolute Gasteiger partial charge is 0.201 e. The molecule has 276 valence electrons. The molecular weight excluding hydrogens is 665 g/mol. The number of nitrogens with one attached hydrogen (secondary N) is 2. The van der Waals surface area contributed by atoms with E-state index in [1.54, 1.807) is 23.5 Å². The Kier molecular flexibility index (Phi) is 9.27. The molecule has 0 aromatic rings. The summed E-state index contributed by atoms with van der Waals surface area (Å²) in [4.78, 5) is 6.19. The average molecular weight is 731 g/mol. The van der Waals surface area contributed by atoms with Gasteiger partial charge in [-0.15, -0.1) is 23.5 Å². The van der Waals surface area contributed by atoms with E-state index in [1.807, 2.05) is 0 Å². The van der Waals surface area contributed by atoms with Gasteiger partial charge in [-0.3, -0.25) is 20.4 Å². The third-order valence-electron chi connectivity index (χ3n) is 16.8. The molecule has 6 aliphatic carbocycles. The van der Waals surface area contributed by atoms with Gasteiger partial charge in [-0.05, 0) is 125 Å². The summed E-state index contributed by atoms with van der Waals surface area (Å²) < 4.78 is 28.0. The third kappa shape index (κ3) is 5.63. The van der Waals surface area contributed by atoms with Gasteiger partial charge in [0.1, 0.15) is 0 Å². The minimum atomic E-state index is -3.35. The maximum absolute atomic E-state index is 14.4. The van der Waals surface area contributed by atoms with Crippen LogP contribution in [-0.4, -0.2) is 86.5 Å². The maximum Gasteiger partial charge on any atom is 0.201 e. The first kappa shape index (κ1) is 34.0. The zero-order chi connectivity index (χ0) is 33.0. The van der Waals surface area contributed by atoms with Crippen LogP contribution in [0.5, 0.6) is 0 Å². The molecular formula is C40H66N4O2S3. The van der Waals surface area contributed by atoms with E-state index in [1.165, 1.54) is 116 Å². The van der Waals surface area contributed by atoms with Gasteiger partial charge in [-0.25, -0.2) is 8.42 Å². The normalized spacial score (nSPS) is 54.8. The first-order valence-electron chi connectivity index (χ1n) is 21.5. The van der Waals surface area contributed by atoms with Crippen LogP contribution < -0.4 is 10.6 Å². The number of nitrogens with zero attached hydrogens (tertiary/aromatic N) is 2. The maximum atomic E-state index is 14.4. The van der Waals surface area contributed by atoms with Crippen LogP contribution in [0.15, 0.2) is 0 Å². The summed E-state index contributed by atoms with van der Waals surface area (Å²) in [6, 6.07) is 5.17. The molecule has 10 aliphatic rings. The molecule has 10 rings (SSSR count). The highest BCUT2D eigenvalue weighted by atomic mass is 32.3. The average Bonchev–Trinajstić information content (AvgIpc) is 3.89. The fourth-order valence-electron chi connectivity index (χ4n) is 15.0. The van der Waals surface area contributed by atoms with E-state index in [0.717, 1.165) is 72.5 Å². The van der Waals surface area contributed by atoms with Gasteiger partial charge in [0.15, 0.2) is 9.41 Å². The molecule has 0 spiro atoms. The molecule has 4 saturated heterocycles. The summed E-state index contributed by atoms with van der Waals surface area (Å²) in [5, 5.41) is 8.34. The zero-order valence-electron chi connectivity index (χ0n) is 30.5. The minimum Gasteiger partial charge on any atom is -0.294 e. The fourth-order valence-corrected chi connectivity index (χ4v) is 21.5. The van der Waals surface area contributed by atoms with Crippen molar-refractivity contribution in [1.82, 2.24) is 20.4 Å². The lowest BCUT2D eigenvalue weighted by Gasteiger charge is -2.46. The lowest BCUT2D eigenvalue weighted by atomic mass is 9.71. The number of hydrogen-bond donors (Lipinski definition) is 2. The van der Waals surface area contributed by atoms with Crippen molar-refractivity contribution in [2.24, 2.45) is 35.5 Å². The molecule has 0 radical (unpaired) electrons. The van der Waals surface area contributed by atoms with E-state index >= 15 is 0 Å². The molecule has 18 unspecified atom stereocenters. The van der Waals surface area contributed by atoms with Crippen molar-refractivity contribution in [2.75, 3.05) is 0 Å². The van der Waals surface area contributed by atoms with E-state index in [-0.39, 0.29) is 0 Å². The van der Waals surface area contributed by atoms with Crippen molar-refractivity contribution in [3.05, 3.63) is 0 Å². The lowest BCUT2D eigenvalue weighted by Crippen LogP contribution is -2.53. The van der Waals surface area contributed by atoms with Gasteiger partial charge in [0, 0.05) is 58.8 Å². The Labute approximate surface area is 306 Å². The summed E-state index contributed by atoms with van der Waals surface area (Å²) in [5.41, 5.74) is 0. The summed E-state index contributed by atoms with van der Waals surface area (Å²) >= 11 is 3.60. The van der Waals surface area contributed by atoms with Crippen LogP contribution in [0.2, 0.25) is 0 Å². The topological polar surface area (TPSA) is 64.7 Å². The highest BCUT2D eigenvalue weighted by Crippen LogP contribution is 2.56. The van der Waals surface area contributed by atoms with Gasteiger partial charge in [0.25, 0.3) is 0 Å². The first-order valence-corrected chi connectivity index (χ1v) is 25.0. The highest BCUT2D eigenvalue weighted by molar-refractivity contribution is 8.21. The van der Waals surface area contributed by atoms with Crippen LogP contribution in [0.4, 0.5) is 0 Å². The number of rotatable bonds is 4. The Hall–Kier alpha value is 0.490. The Morgan fingerprint density at radius 2 is 0.939 bits per heavy atom. The van der Waals surface area contributed by atoms with Crippen LogP contribution in [0.1, 0.15) is 142 Å². The molecule has 4 aliphatic heterocycles. The van der Waals surface area contributed by atoms with Gasteiger partial charge in [0.05, 0.1) is 0 Å². The molecule has 0 aromatic carbocycles. The molecule has 9 heteroatoms. The second kappa shape index (κ2) is 13.4. The van der Waals surface area contributed by atoms with E-state index in [9.17, 15) is 8.42 Å².